The lowest BCUT2D eigenvalue weighted by Crippen LogP contribution is -2.15. The van der Waals surface area contributed by atoms with E-state index in [1.54, 1.807) is 19.9 Å². The van der Waals surface area contributed by atoms with Crippen molar-refractivity contribution in [1.29, 1.82) is 0 Å². The number of hydrogen-bond acceptors (Lipinski definition) is 5. The Labute approximate surface area is 115 Å². The molecular weight excluding hydrogens is 321 g/mol. The first-order valence-electron chi connectivity index (χ1n) is 5.57. The molecule has 0 spiro atoms. The molecule has 1 aromatic carbocycles. The number of phenolic OH excluding ortho intramolecular Hbond substituents is 1. The number of halogens is 1. The van der Waals surface area contributed by atoms with E-state index in [1.807, 2.05) is 0 Å². The third-order valence-corrected chi connectivity index (χ3v) is 5.17. The van der Waals surface area contributed by atoms with Crippen molar-refractivity contribution in [2.75, 3.05) is 13.2 Å². The van der Waals surface area contributed by atoms with Gasteiger partial charge in [-0.3, -0.25) is 4.57 Å². The molecule has 0 radical (unpaired) electrons. The summed E-state index contributed by atoms with van der Waals surface area (Å²) >= 11 is 3.30. The fourth-order valence-electron chi connectivity index (χ4n) is 1.49. The first-order valence-corrected chi connectivity index (χ1v) is 7.97. The molecule has 0 bridgehead atoms. The maximum atomic E-state index is 12.5. The molecule has 0 heterocycles. The lowest BCUT2D eigenvalue weighted by atomic mass is 10.2. The van der Waals surface area contributed by atoms with Crippen molar-refractivity contribution in [1.82, 2.24) is 0 Å². The molecule has 0 aromatic heterocycles. The van der Waals surface area contributed by atoms with Crippen LogP contribution in [0.1, 0.15) is 25.2 Å². The maximum Gasteiger partial charge on any atom is 0.351 e. The van der Waals surface area contributed by atoms with Gasteiger partial charge >= 0.3 is 7.60 Å². The predicted octanol–water partition coefficient (Wildman–Crippen LogP) is 3.38. The van der Waals surface area contributed by atoms with Gasteiger partial charge in [-0.05, 0) is 37.6 Å². The van der Waals surface area contributed by atoms with E-state index in [9.17, 15) is 9.67 Å². The van der Waals surface area contributed by atoms with Gasteiger partial charge in [0.15, 0.2) is 0 Å². The van der Waals surface area contributed by atoms with Gasteiger partial charge in [-0.2, -0.15) is 0 Å². The fraction of sp³-hybridized carbons (Fsp3) is 0.455. The molecular formula is C11H17BrNO4P. The highest BCUT2D eigenvalue weighted by Crippen LogP contribution is 2.59. The Bertz CT molecular complexity index is 445. The molecule has 7 heteroatoms. The Kier molecular flexibility index (Phi) is 5.82. The van der Waals surface area contributed by atoms with Crippen LogP contribution >= 0.6 is 23.5 Å². The quantitative estimate of drug-likeness (QED) is 0.777. The first-order chi connectivity index (χ1) is 8.44. The van der Waals surface area contributed by atoms with Crippen LogP contribution < -0.4 is 5.73 Å². The third kappa shape index (κ3) is 3.56. The molecule has 18 heavy (non-hydrogen) atoms. The van der Waals surface area contributed by atoms with Gasteiger partial charge in [-0.25, -0.2) is 0 Å². The van der Waals surface area contributed by atoms with E-state index in [2.05, 4.69) is 15.9 Å². The van der Waals surface area contributed by atoms with E-state index >= 15 is 0 Å². The molecule has 0 aliphatic carbocycles. The maximum absolute atomic E-state index is 12.5. The van der Waals surface area contributed by atoms with Crippen molar-refractivity contribution in [3.63, 3.8) is 0 Å². The Morgan fingerprint density at radius 3 is 2.44 bits per heavy atom. The van der Waals surface area contributed by atoms with E-state index < -0.39 is 13.4 Å². The van der Waals surface area contributed by atoms with E-state index in [0.29, 0.717) is 10.0 Å². The fourth-order valence-corrected chi connectivity index (χ4v) is 3.83. The van der Waals surface area contributed by atoms with E-state index in [0.717, 1.165) is 0 Å². The molecule has 1 aromatic rings. The minimum atomic E-state index is -3.44. The van der Waals surface area contributed by atoms with Crippen LogP contribution in [0.3, 0.4) is 0 Å². The molecule has 0 aliphatic rings. The van der Waals surface area contributed by atoms with E-state index in [1.165, 1.54) is 12.1 Å². The zero-order valence-electron chi connectivity index (χ0n) is 10.3. The molecule has 0 fully saturated rings. The molecule has 0 saturated carbocycles. The number of aromatic hydroxyl groups is 1. The minimum absolute atomic E-state index is 0.0446. The van der Waals surface area contributed by atoms with Crippen LogP contribution in [-0.4, -0.2) is 18.3 Å². The third-order valence-electron chi connectivity index (χ3n) is 2.26. The van der Waals surface area contributed by atoms with Gasteiger partial charge in [-0.15, -0.1) is 0 Å². The first kappa shape index (κ1) is 15.7. The molecule has 102 valence electrons. The van der Waals surface area contributed by atoms with E-state index in [-0.39, 0.29) is 19.0 Å². The summed E-state index contributed by atoms with van der Waals surface area (Å²) in [5.74, 6) is -0.901. The minimum Gasteiger partial charge on any atom is -0.508 e. The van der Waals surface area contributed by atoms with Crippen LogP contribution in [0.15, 0.2) is 22.7 Å². The second-order valence-electron chi connectivity index (χ2n) is 3.53. The van der Waals surface area contributed by atoms with Crippen molar-refractivity contribution < 1.29 is 18.7 Å². The lowest BCUT2D eigenvalue weighted by Gasteiger charge is -2.24. The zero-order chi connectivity index (χ0) is 13.8. The molecule has 1 rings (SSSR count). The van der Waals surface area contributed by atoms with Crippen molar-refractivity contribution in [3.05, 3.63) is 28.2 Å². The molecule has 0 saturated heterocycles. The van der Waals surface area contributed by atoms with E-state index in [4.69, 9.17) is 14.8 Å². The Hall–Kier alpha value is -0.390. The van der Waals surface area contributed by atoms with Crippen LogP contribution in [0.25, 0.3) is 0 Å². The van der Waals surface area contributed by atoms with Gasteiger partial charge in [-0.1, -0.05) is 15.9 Å². The number of phenols is 1. The molecule has 1 atom stereocenters. The van der Waals surface area contributed by atoms with Crippen molar-refractivity contribution in [2.24, 2.45) is 5.73 Å². The van der Waals surface area contributed by atoms with Crippen LogP contribution in [0.2, 0.25) is 0 Å². The van der Waals surface area contributed by atoms with Crippen LogP contribution in [0.4, 0.5) is 0 Å². The summed E-state index contributed by atoms with van der Waals surface area (Å²) in [6.45, 7) is 3.91. The average Bonchev–Trinajstić information content (AvgIpc) is 2.32. The van der Waals surface area contributed by atoms with Gasteiger partial charge in [0.05, 0.1) is 13.2 Å². The van der Waals surface area contributed by atoms with Gasteiger partial charge < -0.3 is 19.9 Å². The summed E-state index contributed by atoms with van der Waals surface area (Å²) in [5.41, 5.74) is 6.45. The van der Waals surface area contributed by atoms with Crippen molar-refractivity contribution in [2.45, 2.75) is 19.6 Å². The second kappa shape index (κ2) is 6.68. The highest BCUT2D eigenvalue weighted by atomic mass is 79.9. The summed E-state index contributed by atoms with van der Waals surface area (Å²) in [4.78, 5) is 0. The smallest absolute Gasteiger partial charge is 0.351 e. The molecule has 3 N–H and O–H groups in total. The molecule has 0 unspecified atom stereocenters. The van der Waals surface area contributed by atoms with Gasteiger partial charge in [0, 0.05) is 4.47 Å². The summed E-state index contributed by atoms with van der Waals surface area (Å²) in [6, 6.07) is 4.58. The second-order valence-corrected chi connectivity index (χ2v) is 6.53. The topological polar surface area (TPSA) is 81.8 Å². The van der Waals surface area contributed by atoms with Gasteiger partial charge in [0.1, 0.15) is 11.5 Å². The molecule has 5 nitrogen and oxygen atoms in total. The van der Waals surface area contributed by atoms with Crippen molar-refractivity contribution >= 4 is 23.5 Å². The number of nitrogens with two attached hydrogens (primary N) is 1. The molecule has 0 aliphatic heterocycles. The SMILES string of the molecule is CCOP(=O)(OCC)[C@H](N)c1cc(O)ccc1Br. The summed E-state index contributed by atoms with van der Waals surface area (Å²) in [6.07, 6.45) is 0. The standard InChI is InChI=1S/C11H17BrNO4P/c1-3-16-18(15,17-4-2)11(13)9-7-8(14)5-6-10(9)12/h5-7,11,14H,3-4,13H2,1-2H3/t11-/m0/s1. The Balaban J connectivity index is 3.13. The highest BCUT2D eigenvalue weighted by molar-refractivity contribution is 9.10. The molecule has 0 amide bonds. The summed E-state index contributed by atoms with van der Waals surface area (Å²) in [7, 11) is -3.44. The summed E-state index contributed by atoms with van der Waals surface area (Å²) in [5, 5.41) is 9.46. The van der Waals surface area contributed by atoms with Crippen LogP contribution in [0.5, 0.6) is 5.75 Å². The Morgan fingerprint density at radius 1 is 1.39 bits per heavy atom. The number of benzene rings is 1. The Morgan fingerprint density at radius 2 is 1.94 bits per heavy atom. The monoisotopic (exact) mass is 337 g/mol. The predicted molar refractivity (Wildman–Crippen MR) is 73.6 cm³/mol. The highest BCUT2D eigenvalue weighted by Gasteiger charge is 2.35. The van der Waals surface area contributed by atoms with Crippen molar-refractivity contribution in [3.8, 4) is 5.75 Å². The zero-order valence-corrected chi connectivity index (χ0v) is 12.8. The van der Waals surface area contributed by atoms with Crippen LogP contribution in [0, 0.1) is 0 Å². The van der Waals surface area contributed by atoms with Gasteiger partial charge in [0.2, 0.25) is 0 Å². The van der Waals surface area contributed by atoms with Gasteiger partial charge in [0.25, 0.3) is 0 Å². The largest absolute Gasteiger partial charge is 0.508 e. The average molecular weight is 338 g/mol. The summed E-state index contributed by atoms with van der Waals surface area (Å²) < 4.78 is 23.5. The number of hydrogen-bond donors (Lipinski definition) is 2. The normalized spacial score (nSPS) is 13.6. The van der Waals surface area contributed by atoms with Crippen LogP contribution in [-0.2, 0) is 13.6 Å². The lowest BCUT2D eigenvalue weighted by molar-refractivity contribution is 0.212. The number of rotatable bonds is 6.